The molecule has 0 amide bonds. The van der Waals surface area contributed by atoms with Crippen LogP contribution in [0.1, 0.15) is 55.5 Å². The molecule has 2 aromatic carbocycles. The number of aryl methyl sites for hydroxylation is 1. The molecule has 0 radical (unpaired) electrons. The molecule has 0 spiro atoms. The molecule has 106 valence electrons. The molecule has 1 saturated carbocycles. The smallest absolute Gasteiger partial charge is 0.0647 e. The molecule has 1 heteroatoms. The van der Waals surface area contributed by atoms with E-state index >= 15 is 0 Å². The predicted molar refractivity (Wildman–Crippen MR) is 88.5 cm³/mol. The fraction of sp³-hybridized carbons (Fsp3) is 0.474. The minimum absolute atomic E-state index is 0.119. The van der Waals surface area contributed by atoms with Crippen molar-refractivity contribution in [2.75, 3.05) is 0 Å². The van der Waals surface area contributed by atoms with E-state index in [2.05, 4.69) is 50.2 Å². The van der Waals surface area contributed by atoms with E-state index in [-0.39, 0.29) is 10.8 Å². The molecule has 20 heavy (non-hydrogen) atoms. The van der Waals surface area contributed by atoms with Crippen LogP contribution in [0.3, 0.4) is 0 Å². The van der Waals surface area contributed by atoms with Crippen molar-refractivity contribution in [1.82, 2.24) is 0 Å². The first-order chi connectivity index (χ1) is 9.62. The van der Waals surface area contributed by atoms with Gasteiger partial charge in [0.2, 0.25) is 0 Å². The van der Waals surface area contributed by atoms with Gasteiger partial charge in [0.15, 0.2) is 0 Å². The van der Waals surface area contributed by atoms with Crippen LogP contribution in [0.4, 0.5) is 0 Å². The molecule has 1 atom stereocenters. The van der Waals surface area contributed by atoms with Crippen LogP contribution in [0.15, 0.2) is 36.4 Å². The zero-order valence-corrected chi connectivity index (χ0v) is 13.2. The molecule has 0 nitrogen and oxygen atoms in total. The Kier molecular flexibility index (Phi) is 3.77. The fourth-order valence-electron chi connectivity index (χ4n) is 3.70. The highest BCUT2D eigenvalue weighted by molar-refractivity contribution is 6.22. The summed E-state index contributed by atoms with van der Waals surface area (Å²) in [5, 5.41) is 2.76. The molecule has 1 aliphatic carbocycles. The summed E-state index contributed by atoms with van der Waals surface area (Å²) in [6.45, 7) is 4.58. The number of halogens is 1. The lowest BCUT2D eigenvalue weighted by Gasteiger charge is -2.39. The summed E-state index contributed by atoms with van der Waals surface area (Å²) in [6.07, 6.45) is 6.52. The van der Waals surface area contributed by atoms with Gasteiger partial charge in [-0.25, -0.2) is 0 Å². The number of hydrogen-bond acceptors (Lipinski definition) is 0. The molecule has 0 saturated heterocycles. The highest BCUT2D eigenvalue weighted by Crippen LogP contribution is 2.51. The summed E-state index contributed by atoms with van der Waals surface area (Å²) >= 11 is 7.01. The van der Waals surface area contributed by atoms with E-state index in [1.807, 2.05) is 0 Å². The Hall–Kier alpha value is -1.01. The standard InChI is InChI=1S/C19H23Cl/c1-14-10-11-15-8-4-5-9-16(15)17(14)18(20)19(2)12-6-3-7-13-19/h4-5,8-11,18H,3,6-7,12-13H2,1-2H3. The summed E-state index contributed by atoms with van der Waals surface area (Å²) in [5.74, 6) is 0. The van der Waals surface area contributed by atoms with Crippen molar-refractivity contribution in [3.63, 3.8) is 0 Å². The Morgan fingerprint density at radius 1 is 1.00 bits per heavy atom. The Bertz CT molecular complexity index is 608. The number of rotatable bonds is 2. The van der Waals surface area contributed by atoms with Gasteiger partial charge in [-0.3, -0.25) is 0 Å². The zero-order chi connectivity index (χ0) is 14.2. The summed E-state index contributed by atoms with van der Waals surface area (Å²) in [4.78, 5) is 0. The highest BCUT2D eigenvalue weighted by atomic mass is 35.5. The van der Waals surface area contributed by atoms with Crippen molar-refractivity contribution in [1.29, 1.82) is 0 Å². The summed E-state index contributed by atoms with van der Waals surface area (Å²) < 4.78 is 0. The minimum Gasteiger partial charge on any atom is -0.117 e. The lowest BCUT2D eigenvalue weighted by atomic mass is 9.70. The van der Waals surface area contributed by atoms with Crippen LogP contribution in [0, 0.1) is 12.3 Å². The SMILES string of the molecule is Cc1ccc2ccccc2c1C(Cl)C1(C)CCCCC1. The first-order valence-electron chi connectivity index (χ1n) is 7.74. The van der Waals surface area contributed by atoms with Gasteiger partial charge in [0, 0.05) is 0 Å². The number of alkyl halides is 1. The average Bonchev–Trinajstić information content (AvgIpc) is 2.47. The molecule has 0 N–H and O–H groups in total. The Morgan fingerprint density at radius 2 is 1.70 bits per heavy atom. The molecular weight excluding hydrogens is 264 g/mol. The Morgan fingerprint density at radius 3 is 2.45 bits per heavy atom. The van der Waals surface area contributed by atoms with Gasteiger partial charge in [0.05, 0.1) is 5.38 Å². The van der Waals surface area contributed by atoms with Gasteiger partial charge in [0.25, 0.3) is 0 Å². The summed E-state index contributed by atoms with van der Waals surface area (Å²) in [6, 6.07) is 13.1. The largest absolute Gasteiger partial charge is 0.117 e. The van der Waals surface area contributed by atoms with Crippen LogP contribution >= 0.6 is 11.6 Å². The molecule has 2 aromatic rings. The second kappa shape index (κ2) is 5.41. The third-order valence-electron chi connectivity index (χ3n) is 5.05. The molecule has 0 aliphatic heterocycles. The maximum Gasteiger partial charge on any atom is 0.0647 e. The van der Waals surface area contributed by atoms with E-state index < -0.39 is 0 Å². The lowest BCUT2D eigenvalue weighted by Crippen LogP contribution is -2.26. The normalized spacial score (nSPS) is 19.9. The van der Waals surface area contributed by atoms with E-state index in [1.165, 1.54) is 54.0 Å². The first kappa shape index (κ1) is 13.9. The number of fused-ring (bicyclic) bond motifs is 1. The second-order valence-corrected chi connectivity index (χ2v) is 7.03. The van der Waals surface area contributed by atoms with Gasteiger partial charge >= 0.3 is 0 Å². The molecule has 1 aliphatic rings. The summed E-state index contributed by atoms with van der Waals surface area (Å²) in [7, 11) is 0. The van der Waals surface area contributed by atoms with E-state index in [0.29, 0.717) is 0 Å². The van der Waals surface area contributed by atoms with E-state index in [0.717, 1.165) is 0 Å². The number of hydrogen-bond donors (Lipinski definition) is 0. The molecule has 0 heterocycles. The van der Waals surface area contributed by atoms with E-state index in [1.54, 1.807) is 0 Å². The lowest BCUT2D eigenvalue weighted by molar-refractivity contribution is 0.207. The van der Waals surface area contributed by atoms with Crippen molar-refractivity contribution in [3.05, 3.63) is 47.5 Å². The van der Waals surface area contributed by atoms with Crippen molar-refractivity contribution >= 4 is 22.4 Å². The fourth-order valence-corrected chi connectivity index (χ4v) is 4.21. The van der Waals surface area contributed by atoms with Crippen molar-refractivity contribution < 1.29 is 0 Å². The van der Waals surface area contributed by atoms with Crippen LogP contribution in [0.25, 0.3) is 10.8 Å². The highest BCUT2D eigenvalue weighted by Gasteiger charge is 2.36. The molecule has 3 rings (SSSR count). The van der Waals surface area contributed by atoms with Gasteiger partial charge in [-0.15, -0.1) is 11.6 Å². The maximum absolute atomic E-state index is 7.01. The Labute approximate surface area is 127 Å². The van der Waals surface area contributed by atoms with Gasteiger partial charge in [-0.1, -0.05) is 62.6 Å². The van der Waals surface area contributed by atoms with Crippen LogP contribution in [-0.4, -0.2) is 0 Å². The van der Waals surface area contributed by atoms with Crippen LogP contribution in [-0.2, 0) is 0 Å². The average molecular weight is 287 g/mol. The molecule has 0 aromatic heterocycles. The van der Waals surface area contributed by atoms with Gasteiger partial charge in [-0.2, -0.15) is 0 Å². The third kappa shape index (κ3) is 2.35. The summed E-state index contributed by atoms with van der Waals surface area (Å²) in [5.41, 5.74) is 2.93. The zero-order valence-electron chi connectivity index (χ0n) is 12.5. The van der Waals surface area contributed by atoms with Crippen LogP contribution in [0.5, 0.6) is 0 Å². The van der Waals surface area contributed by atoms with Crippen molar-refractivity contribution in [2.24, 2.45) is 5.41 Å². The quantitative estimate of drug-likeness (QED) is 0.560. The monoisotopic (exact) mass is 286 g/mol. The molecule has 1 fully saturated rings. The first-order valence-corrected chi connectivity index (χ1v) is 8.18. The van der Waals surface area contributed by atoms with E-state index in [9.17, 15) is 0 Å². The van der Waals surface area contributed by atoms with Crippen LogP contribution < -0.4 is 0 Å². The molecule has 0 bridgehead atoms. The van der Waals surface area contributed by atoms with Gasteiger partial charge in [0.1, 0.15) is 0 Å². The number of benzene rings is 2. The maximum atomic E-state index is 7.01. The third-order valence-corrected chi connectivity index (χ3v) is 5.79. The van der Waals surface area contributed by atoms with Crippen molar-refractivity contribution in [3.8, 4) is 0 Å². The van der Waals surface area contributed by atoms with Gasteiger partial charge in [-0.05, 0) is 47.1 Å². The van der Waals surface area contributed by atoms with Gasteiger partial charge < -0.3 is 0 Å². The molecular formula is C19H23Cl. The second-order valence-electron chi connectivity index (χ2n) is 6.59. The van der Waals surface area contributed by atoms with E-state index in [4.69, 9.17) is 11.6 Å². The molecule has 1 unspecified atom stereocenters. The predicted octanol–water partition coefficient (Wildman–Crippen LogP) is 6.40. The Balaban J connectivity index is 2.11. The van der Waals surface area contributed by atoms with Crippen molar-refractivity contribution in [2.45, 2.75) is 51.3 Å². The van der Waals surface area contributed by atoms with Crippen LogP contribution in [0.2, 0.25) is 0 Å². The topological polar surface area (TPSA) is 0 Å². The minimum atomic E-state index is 0.119.